The molecule has 0 fully saturated rings. The molecule has 0 unspecified atom stereocenters. The van der Waals surface area contributed by atoms with E-state index in [9.17, 15) is 10.0 Å². The van der Waals surface area contributed by atoms with Gasteiger partial charge in [0.2, 0.25) is 0 Å². The molecule has 0 amide bonds. The van der Waals surface area contributed by atoms with Crippen molar-refractivity contribution < 1.29 is 27.9 Å². The third-order valence-corrected chi connectivity index (χ3v) is 5.46. The van der Waals surface area contributed by atoms with Crippen molar-refractivity contribution in [1.29, 1.82) is 0 Å². The Bertz CT molecular complexity index is 2250. The molecular formula is C30H22BNO2. The highest BCUT2D eigenvalue weighted by Crippen LogP contribution is 2.32. The number of nitrogens with zero attached hydrogens (tertiary/aromatic N) is 1. The summed E-state index contributed by atoms with van der Waals surface area (Å²) in [6.45, 7) is 0. The molecule has 0 radical (unpaired) electrons. The lowest BCUT2D eigenvalue weighted by Crippen LogP contribution is -2.29. The largest absolute Gasteiger partial charge is 0.488 e. The summed E-state index contributed by atoms with van der Waals surface area (Å²) in [5, 5.41) is 20.7. The fourth-order valence-corrected chi connectivity index (χ4v) is 3.87. The van der Waals surface area contributed by atoms with Crippen molar-refractivity contribution in [2.45, 2.75) is 0 Å². The SMILES string of the molecule is [2H]c1c([2H])c([2H])c(-c2c([2H])c([2H])c(-c3c([2H])c([2H])c(-n4c5ccccc5c5cc(B(O)O)ccc54)c([2H])c3[2H])c([2H])c2[2H])c([2H])c1[2H]. The second kappa shape index (κ2) is 8.34. The van der Waals surface area contributed by atoms with Gasteiger partial charge in [0, 0.05) is 16.5 Å². The molecule has 5 aromatic carbocycles. The summed E-state index contributed by atoms with van der Waals surface area (Å²) in [7, 11) is -1.76. The summed E-state index contributed by atoms with van der Waals surface area (Å²) in [4.78, 5) is 0. The second-order valence-electron chi connectivity index (χ2n) is 7.48. The molecular weight excluding hydrogens is 417 g/mol. The maximum absolute atomic E-state index is 9.75. The van der Waals surface area contributed by atoms with Crippen LogP contribution in [0.2, 0.25) is 0 Å². The lowest BCUT2D eigenvalue weighted by atomic mass is 9.80. The van der Waals surface area contributed by atoms with Crippen LogP contribution in [0.4, 0.5) is 0 Å². The molecule has 34 heavy (non-hydrogen) atoms. The summed E-state index contributed by atoms with van der Waals surface area (Å²) in [6, 6.07) is 2.28. The Hall–Kier alpha value is -4.12. The van der Waals surface area contributed by atoms with E-state index in [4.69, 9.17) is 17.8 Å². The lowest BCUT2D eigenvalue weighted by molar-refractivity contribution is 0.426. The Morgan fingerprint density at radius 1 is 0.588 bits per heavy atom. The minimum absolute atomic E-state index is 0.168. The predicted octanol–water partition coefficient (Wildman–Crippen LogP) is 5.80. The van der Waals surface area contributed by atoms with Gasteiger partial charge in [0.05, 0.1) is 28.9 Å². The van der Waals surface area contributed by atoms with Crippen LogP contribution >= 0.6 is 0 Å². The van der Waals surface area contributed by atoms with Crippen LogP contribution < -0.4 is 5.46 Å². The Morgan fingerprint density at radius 3 is 1.79 bits per heavy atom. The van der Waals surface area contributed by atoms with Gasteiger partial charge in [0.1, 0.15) is 0 Å². The van der Waals surface area contributed by atoms with E-state index in [0.29, 0.717) is 21.8 Å². The second-order valence-corrected chi connectivity index (χ2v) is 7.48. The Balaban J connectivity index is 1.66. The molecule has 4 heteroatoms. The first kappa shape index (κ1) is 10.9. The van der Waals surface area contributed by atoms with Gasteiger partial charge in [-0.3, -0.25) is 0 Å². The highest BCUT2D eigenvalue weighted by molar-refractivity contribution is 6.59. The maximum atomic E-state index is 9.75. The van der Waals surface area contributed by atoms with Gasteiger partial charge >= 0.3 is 7.12 Å². The van der Waals surface area contributed by atoms with E-state index < -0.39 is 108 Å². The minimum atomic E-state index is -1.76. The summed E-state index contributed by atoms with van der Waals surface area (Å²) < 4.78 is 113. The molecule has 0 aliphatic rings. The zero-order chi connectivity index (χ0) is 34.4. The zero-order valence-corrected chi connectivity index (χ0v) is 17.5. The van der Waals surface area contributed by atoms with Gasteiger partial charge in [0.25, 0.3) is 0 Å². The van der Waals surface area contributed by atoms with Crippen LogP contribution in [0.25, 0.3) is 49.7 Å². The summed E-state index contributed by atoms with van der Waals surface area (Å²) >= 11 is 0. The molecule has 0 aliphatic carbocycles. The van der Waals surface area contributed by atoms with Gasteiger partial charge < -0.3 is 14.6 Å². The minimum Gasteiger partial charge on any atom is -0.423 e. The van der Waals surface area contributed by atoms with Crippen LogP contribution in [0.5, 0.6) is 0 Å². The monoisotopic (exact) mass is 452 g/mol. The smallest absolute Gasteiger partial charge is 0.423 e. The van der Waals surface area contributed by atoms with Crippen LogP contribution in [0, 0.1) is 0 Å². The first-order valence-corrected chi connectivity index (χ1v) is 10.3. The number of aromatic nitrogens is 1. The molecule has 0 saturated carbocycles. The zero-order valence-electron chi connectivity index (χ0n) is 30.5. The first-order chi connectivity index (χ1) is 22.1. The third kappa shape index (κ3) is 3.50. The molecule has 1 heterocycles. The van der Waals surface area contributed by atoms with E-state index in [1.54, 1.807) is 36.4 Å². The summed E-state index contributed by atoms with van der Waals surface area (Å²) in [5.41, 5.74) is -1.21. The number of para-hydroxylation sites is 1. The van der Waals surface area contributed by atoms with E-state index in [1.165, 1.54) is 10.6 Å². The Kier molecular flexibility index (Phi) is 2.67. The van der Waals surface area contributed by atoms with Crippen molar-refractivity contribution >= 4 is 34.4 Å². The molecule has 0 saturated heterocycles. The fourth-order valence-electron chi connectivity index (χ4n) is 3.87. The maximum Gasteiger partial charge on any atom is 0.488 e. The average molecular weight is 452 g/mol. The standard InChI is InChI=1S/C30H22BNO2/c33-31(34)25-16-19-30-28(20-25)27-8-4-5-9-29(27)32(30)26-17-14-24(15-18-26)23-12-10-22(11-13-23)21-6-2-1-3-7-21/h1-20,33-34H/i1D,2D,3D,6D,7D,10D,11D,12D,13D,14D,15D,17D,18D. The highest BCUT2D eigenvalue weighted by atomic mass is 16.4. The number of hydrogen-bond acceptors (Lipinski definition) is 2. The van der Waals surface area contributed by atoms with Gasteiger partial charge in [-0.2, -0.15) is 0 Å². The Morgan fingerprint density at radius 2 is 1.15 bits per heavy atom. The molecule has 0 atom stereocenters. The van der Waals surface area contributed by atoms with Crippen LogP contribution in [0.3, 0.4) is 0 Å². The van der Waals surface area contributed by atoms with Crippen molar-refractivity contribution in [2.75, 3.05) is 0 Å². The van der Waals surface area contributed by atoms with E-state index in [2.05, 4.69) is 0 Å². The number of rotatable bonds is 4. The quantitative estimate of drug-likeness (QED) is 0.332. The number of fused-ring (bicyclic) bond motifs is 3. The molecule has 6 aromatic rings. The Labute approximate surface area is 216 Å². The van der Waals surface area contributed by atoms with Crippen LogP contribution in [0.15, 0.2) is 121 Å². The molecule has 162 valence electrons. The first-order valence-electron chi connectivity index (χ1n) is 16.8. The molecule has 1 aromatic heterocycles. The van der Waals surface area contributed by atoms with Gasteiger partial charge in [-0.25, -0.2) is 0 Å². The molecule has 0 aliphatic heterocycles. The van der Waals surface area contributed by atoms with E-state index in [1.807, 2.05) is 0 Å². The summed E-state index contributed by atoms with van der Waals surface area (Å²) in [6.07, 6.45) is 0. The highest BCUT2D eigenvalue weighted by Gasteiger charge is 2.16. The van der Waals surface area contributed by atoms with Crippen molar-refractivity contribution in [3.8, 4) is 27.9 Å². The van der Waals surface area contributed by atoms with Crippen LogP contribution in [-0.4, -0.2) is 21.7 Å². The van der Waals surface area contributed by atoms with Gasteiger partial charge in [-0.1, -0.05) is 96.8 Å². The van der Waals surface area contributed by atoms with Crippen LogP contribution in [0.1, 0.15) is 17.8 Å². The van der Waals surface area contributed by atoms with Crippen molar-refractivity contribution in [2.24, 2.45) is 0 Å². The molecule has 3 nitrogen and oxygen atoms in total. The molecule has 2 N–H and O–H groups in total. The van der Waals surface area contributed by atoms with Gasteiger partial charge in [-0.05, 0) is 51.9 Å². The number of hydrogen-bond donors (Lipinski definition) is 2. The predicted molar refractivity (Wildman–Crippen MR) is 141 cm³/mol. The molecule has 0 bridgehead atoms. The van der Waals surface area contributed by atoms with Crippen molar-refractivity contribution in [3.63, 3.8) is 0 Å². The normalized spacial score (nSPS) is 16.6. The summed E-state index contributed by atoms with van der Waals surface area (Å²) in [5.74, 6) is 0. The van der Waals surface area contributed by atoms with E-state index in [0.717, 1.165) is 0 Å². The van der Waals surface area contributed by atoms with Crippen molar-refractivity contribution in [1.82, 2.24) is 4.57 Å². The van der Waals surface area contributed by atoms with Gasteiger partial charge in [-0.15, -0.1) is 0 Å². The fraction of sp³-hybridized carbons (Fsp3) is 0. The average Bonchev–Trinajstić information content (AvgIpc) is 3.37. The number of benzene rings is 5. The lowest BCUT2D eigenvalue weighted by Gasteiger charge is -2.10. The van der Waals surface area contributed by atoms with Crippen molar-refractivity contribution in [3.05, 3.63) is 121 Å². The van der Waals surface area contributed by atoms with Gasteiger partial charge in [0.15, 0.2) is 0 Å². The molecule has 6 rings (SSSR count). The molecule has 0 spiro atoms. The van der Waals surface area contributed by atoms with E-state index >= 15 is 0 Å². The van der Waals surface area contributed by atoms with E-state index in [-0.39, 0.29) is 11.2 Å². The third-order valence-electron chi connectivity index (χ3n) is 5.46. The van der Waals surface area contributed by atoms with Crippen LogP contribution in [-0.2, 0) is 0 Å². The topological polar surface area (TPSA) is 45.4 Å².